The van der Waals surface area contributed by atoms with E-state index in [9.17, 15) is 4.79 Å². The molecule has 0 unspecified atom stereocenters. The minimum Gasteiger partial charge on any atom is -0.342 e. The van der Waals surface area contributed by atoms with Crippen LogP contribution in [0, 0.1) is 12.8 Å². The van der Waals surface area contributed by atoms with Crippen LogP contribution in [-0.4, -0.2) is 28.9 Å². The third-order valence-electron chi connectivity index (χ3n) is 6.14. The molecule has 1 saturated heterocycles. The van der Waals surface area contributed by atoms with E-state index in [1.807, 2.05) is 0 Å². The summed E-state index contributed by atoms with van der Waals surface area (Å²) in [6, 6.07) is 15.1. The van der Waals surface area contributed by atoms with Gasteiger partial charge >= 0.3 is 0 Å². The first-order chi connectivity index (χ1) is 13.2. The summed E-state index contributed by atoms with van der Waals surface area (Å²) in [6.45, 7) is 3.85. The Kier molecular flexibility index (Phi) is 5.56. The predicted molar refractivity (Wildman–Crippen MR) is 109 cm³/mol. The summed E-state index contributed by atoms with van der Waals surface area (Å²) < 4.78 is 0. The highest BCUT2D eigenvalue weighted by atomic mass is 16.2. The van der Waals surface area contributed by atoms with Crippen LogP contribution in [0.25, 0.3) is 0 Å². The highest BCUT2D eigenvalue weighted by molar-refractivity contribution is 5.79. The summed E-state index contributed by atoms with van der Waals surface area (Å²) in [6.07, 6.45) is 7.77. The highest BCUT2D eigenvalue weighted by Gasteiger charge is 2.31. The van der Waals surface area contributed by atoms with Gasteiger partial charge in [0.1, 0.15) is 0 Å². The molecule has 1 aromatic carbocycles. The predicted octanol–water partition coefficient (Wildman–Crippen LogP) is 4.88. The Labute approximate surface area is 162 Å². The molecule has 0 N–H and O–H groups in total. The third-order valence-corrected chi connectivity index (χ3v) is 6.14. The van der Waals surface area contributed by atoms with E-state index in [1.54, 1.807) is 0 Å². The lowest BCUT2D eigenvalue weighted by molar-refractivity contribution is -0.136. The van der Waals surface area contributed by atoms with E-state index >= 15 is 0 Å². The number of aryl methyl sites for hydroxylation is 1. The number of aromatic nitrogens is 1. The van der Waals surface area contributed by atoms with Crippen LogP contribution >= 0.6 is 0 Å². The van der Waals surface area contributed by atoms with E-state index in [0.29, 0.717) is 11.8 Å². The summed E-state index contributed by atoms with van der Waals surface area (Å²) in [4.78, 5) is 19.8. The molecule has 1 amide bonds. The zero-order valence-corrected chi connectivity index (χ0v) is 16.4. The fourth-order valence-corrected chi connectivity index (χ4v) is 4.76. The van der Waals surface area contributed by atoms with Gasteiger partial charge in [-0.15, -0.1) is 0 Å². The van der Waals surface area contributed by atoms with Crippen molar-refractivity contribution in [1.82, 2.24) is 9.88 Å². The number of carbonyl (C=O) groups is 1. The molecule has 3 nitrogen and oxygen atoms in total. The monoisotopic (exact) mass is 362 g/mol. The van der Waals surface area contributed by atoms with Crippen LogP contribution in [0.4, 0.5) is 0 Å². The second kappa shape index (κ2) is 8.24. The minimum atomic E-state index is 0.280. The lowest BCUT2D eigenvalue weighted by Gasteiger charge is -2.34. The van der Waals surface area contributed by atoms with E-state index in [-0.39, 0.29) is 5.92 Å². The van der Waals surface area contributed by atoms with Crippen molar-refractivity contribution in [3.05, 3.63) is 65.0 Å². The topological polar surface area (TPSA) is 33.2 Å². The van der Waals surface area contributed by atoms with Crippen LogP contribution in [0.2, 0.25) is 0 Å². The summed E-state index contributed by atoms with van der Waals surface area (Å²) in [5, 5.41) is 0. The number of hydrogen-bond acceptors (Lipinski definition) is 2. The Morgan fingerprint density at radius 3 is 2.59 bits per heavy atom. The molecule has 27 heavy (non-hydrogen) atoms. The van der Waals surface area contributed by atoms with Gasteiger partial charge < -0.3 is 4.90 Å². The van der Waals surface area contributed by atoms with Crippen LogP contribution in [-0.2, 0) is 11.2 Å². The molecule has 2 aliphatic rings. The zero-order valence-electron chi connectivity index (χ0n) is 16.4. The van der Waals surface area contributed by atoms with Crippen molar-refractivity contribution >= 4 is 5.91 Å². The Bertz CT molecular complexity index is 780. The van der Waals surface area contributed by atoms with Crippen LogP contribution < -0.4 is 0 Å². The molecular formula is C24H30N2O. The number of carbonyl (C=O) groups excluding carboxylic acids is 1. The zero-order chi connectivity index (χ0) is 18.6. The molecule has 0 radical (unpaired) electrons. The van der Waals surface area contributed by atoms with Crippen LogP contribution in [0.5, 0.6) is 0 Å². The van der Waals surface area contributed by atoms with Gasteiger partial charge in [0.15, 0.2) is 0 Å². The molecule has 1 aromatic heterocycles. The standard InChI is InChI=1S/C24H30N2O/c1-18-14-20(15-19-8-3-2-4-9-19)16-23(25-18)22-12-7-13-26(17-22)24(27)21-10-5-6-11-21/h2-4,8-9,14,16,21-22H,5-7,10-13,15,17H2,1H3/t22-/m1/s1. The number of amides is 1. The molecule has 1 saturated carbocycles. The SMILES string of the molecule is Cc1cc(Cc2ccccc2)cc([C@@H]2CCCN(C(=O)C3CCCC3)C2)n1. The lowest BCUT2D eigenvalue weighted by Crippen LogP contribution is -2.42. The molecule has 2 heterocycles. The van der Waals surface area contributed by atoms with E-state index in [2.05, 4.69) is 54.3 Å². The van der Waals surface area contributed by atoms with Gasteiger partial charge in [-0.05, 0) is 62.3 Å². The average Bonchev–Trinajstić information content (AvgIpc) is 3.23. The van der Waals surface area contributed by atoms with Crippen molar-refractivity contribution in [3.63, 3.8) is 0 Å². The number of piperidine rings is 1. The van der Waals surface area contributed by atoms with Gasteiger partial charge in [-0.3, -0.25) is 9.78 Å². The second-order valence-corrected chi connectivity index (χ2v) is 8.31. The number of benzene rings is 1. The van der Waals surface area contributed by atoms with Crippen LogP contribution in [0.15, 0.2) is 42.5 Å². The molecule has 2 fully saturated rings. The molecule has 1 aliphatic heterocycles. The van der Waals surface area contributed by atoms with Gasteiger partial charge in [0, 0.05) is 36.3 Å². The number of hydrogen-bond donors (Lipinski definition) is 0. The number of nitrogens with zero attached hydrogens (tertiary/aromatic N) is 2. The Morgan fingerprint density at radius 2 is 1.81 bits per heavy atom. The molecule has 1 aliphatic carbocycles. The number of likely N-dealkylation sites (tertiary alicyclic amines) is 1. The quantitative estimate of drug-likeness (QED) is 0.777. The van der Waals surface area contributed by atoms with Crippen LogP contribution in [0.3, 0.4) is 0 Å². The average molecular weight is 363 g/mol. The lowest BCUT2D eigenvalue weighted by atomic mass is 9.91. The van der Waals surface area contributed by atoms with Gasteiger partial charge in [-0.2, -0.15) is 0 Å². The summed E-state index contributed by atoms with van der Waals surface area (Å²) >= 11 is 0. The second-order valence-electron chi connectivity index (χ2n) is 8.31. The normalized spacial score (nSPS) is 20.8. The Morgan fingerprint density at radius 1 is 1.04 bits per heavy atom. The van der Waals surface area contributed by atoms with Crippen molar-refractivity contribution < 1.29 is 4.79 Å². The van der Waals surface area contributed by atoms with E-state index in [4.69, 9.17) is 4.98 Å². The Balaban J connectivity index is 1.49. The molecule has 0 bridgehead atoms. The van der Waals surface area contributed by atoms with E-state index < -0.39 is 0 Å². The fraction of sp³-hybridized carbons (Fsp3) is 0.500. The Hall–Kier alpha value is -2.16. The summed E-state index contributed by atoms with van der Waals surface area (Å²) in [7, 11) is 0. The largest absolute Gasteiger partial charge is 0.342 e. The van der Waals surface area contributed by atoms with Gasteiger partial charge in [-0.25, -0.2) is 0 Å². The van der Waals surface area contributed by atoms with Crippen molar-refractivity contribution in [1.29, 1.82) is 0 Å². The molecule has 4 rings (SSSR count). The maximum Gasteiger partial charge on any atom is 0.225 e. The van der Waals surface area contributed by atoms with Crippen molar-refractivity contribution in [2.24, 2.45) is 5.92 Å². The molecule has 0 spiro atoms. The van der Waals surface area contributed by atoms with Crippen LogP contribution in [0.1, 0.15) is 67.0 Å². The third kappa shape index (κ3) is 4.40. The first kappa shape index (κ1) is 18.2. The van der Waals surface area contributed by atoms with E-state index in [1.165, 1.54) is 29.7 Å². The molecule has 142 valence electrons. The molecule has 1 atom stereocenters. The molecule has 3 heteroatoms. The van der Waals surface area contributed by atoms with E-state index in [0.717, 1.165) is 50.9 Å². The first-order valence-electron chi connectivity index (χ1n) is 10.5. The maximum absolute atomic E-state index is 12.9. The van der Waals surface area contributed by atoms with Crippen molar-refractivity contribution in [2.75, 3.05) is 13.1 Å². The first-order valence-corrected chi connectivity index (χ1v) is 10.5. The molecular weight excluding hydrogens is 332 g/mol. The molecule has 2 aromatic rings. The van der Waals surface area contributed by atoms with Gasteiger partial charge in [0.2, 0.25) is 5.91 Å². The van der Waals surface area contributed by atoms with Gasteiger partial charge in [0.25, 0.3) is 0 Å². The smallest absolute Gasteiger partial charge is 0.225 e. The van der Waals surface area contributed by atoms with Crippen molar-refractivity contribution in [3.8, 4) is 0 Å². The maximum atomic E-state index is 12.9. The minimum absolute atomic E-state index is 0.280. The highest BCUT2D eigenvalue weighted by Crippen LogP contribution is 2.31. The van der Waals surface area contributed by atoms with Crippen molar-refractivity contribution in [2.45, 2.75) is 57.8 Å². The van der Waals surface area contributed by atoms with Gasteiger partial charge in [0.05, 0.1) is 0 Å². The summed E-state index contributed by atoms with van der Waals surface area (Å²) in [5.74, 6) is 1.05. The number of pyridine rings is 1. The van der Waals surface area contributed by atoms with Gasteiger partial charge in [-0.1, -0.05) is 43.2 Å². The number of rotatable bonds is 4. The fourth-order valence-electron chi connectivity index (χ4n) is 4.76. The summed E-state index contributed by atoms with van der Waals surface area (Å²) in [5.41, 5.74) is 4.90.